The first kappa shape index (κ1) is 22.5. The minimum absolute atomic E-state index is 0.156. The molecular weight excluding hydrogens is 546 g/mol. The van der Waals surface area contributed by atoms with Crippen LogP contribution in [0.4, 0.5) is 0 Å². The van der Waals surface area contributed by atoms with Crippen LogP contribution in [0.3, 0.4) is 0 Å². The molecule has 0 atom stereocenters. The maximum atomic E-state index is 12.2. The fraction of sp³-hybridized carbons (Fsp3) is 0.278. The summed E-state index contributed by atoms with van der Waals surface area (Å²) in [7, 11) is 0. The standard InChI is InChI=1S/C18H17Cl2IN6O3/c1-9-15(21)10(2)27(25-9)8-14-24-18(30-26-14)17(29)23-6-5-22-16(28)11-3-4-12(19)13(20)7-11/h3-4,7H,5-6,8H2,1-2H3,(H,22,28)(H,23,29). The van der Waals surface area contributed by atoms with Gasteiger partial charge in [0.25, 0.3) is 5.91 Å². The van der Waals surface area contributed by atoms with Crippen LogP contribution in [-0.4, -0.2) is 44.8 Å². The van der Waals surface area contributed by atoms with Crippen molar-refractivity contribution >= 4 is 57.6 Å². The maximum Gasteiger partial charge on any atom is 0.316 e. The second kappa shape index (κ2) is 9.75. The van der Waals surface area contributed by atoms with Crippen molar-refractivity contribution in [3.63, 3.8) is 0 Å². The summed E-state index contributed by atoms with van der Waals surface area (Å²) < 4.78 is 7.84. The van der Waals surface area contributed by atoms with Gasteiger partial charge < -0.3 is 15.2 Å². The van der Waals surface area contributed by atoms with Gasteiger partial charge in [-0.1, -0.05) is 28.4 Å². The highest BCUT2D eigenvalue weighted by Gasteiger charge is 2.17. The molecule has 0 spiro atoms. The SMILES string of the molecule is Cc1nn(Cc2noc(C(=O)NCCNC(=O)c3ccc(Cl)c(Cl)c3)n2)c(C)c1I. The number of amides is 2. The fourth-order valence-electron chi connectivity index (χ4n) is 2.54. The van der Waals surface area contributed by atoms with Gasteiger partial charge in [-0.25, -0.2) is 0 Å². The summed E-state index contributed by atoms with van der Waals surface area (Å²) in [6.45, 7) is 4.55. The van der Waals surface area contributed by atoms with Gasteiger partial charge >= 0.3 is 11.8 Å². The molecule has 0 radical (unpaired) electrons. The zero-order valence-electron chi connectivity index (χ0n) is 16.0. The summed E-state index contributed by atoms with van der Waals surface area (Å²) in [5.74, 6) is -0.671. The van der Waals surface area contributed by atoms with E-state index in [1.807, 2.05) is 13.8 Å². The third kappa shape index (κ3) is 5.29. The Balaban J connectivity index is 1.48. The van der Waals surface area contributed by atoms with Crippen molar-refractivity contribution < 1.29 is 14.1 Å². The van der Waals surface area contributed by atoms with Gasteiger partial charge in [0.15, 0.2) is 5.82 Å². The molecule has 3 rings (SSSR count). The van der Waals surface area contributed by atoms with Crippen molar-refractivity contribution in [1.29, 1.82) is 0 Å². The average Bonchev–Trinajstić information content (AvgIpc) is 3.28. The molecule has 0 aliphatic carbocycles. The number of aryl methyl sites for hydroxylation is 1. The van der Waals surface area contributed by atoms with Crippen LogP contribution in [0.5, 0.6) is 0 Å². The number of aromatic nitrogens is 4. The number of carbonyl (C=O) groups is 2. The lowest BCUT2D eigenvalue weighted by atomic mass is 10.2. The summed E-state index contributed by atoms with van der Waals surface area (Å²) >= 11 is 14.0. The maximum absolute atomic E-state index is 12.2. The summed E-state index contributed by atoms with van der Waals surface area (Å²) in [6, 6.07) is 4.58. The van der Waals surface area contributed by atoms with Crippen LogP contribution in [0.25, 0.3) is 0 Å². The van der Waals surface area contributed by atoms with Gasteiger partial charge in [0.05, 0.1) is 19.3 Å². The monoisotopic (exact) mass is 562 g/mol. The number of carbonyl (C=O) groups excluding carboxylic acids is 2. The van der Waals surface area contributed by atoms with Gasteiger partial charge in [0, 0.05) is 24.3 Å². The van der Waals surface area contributed by atoms with E-state index in [-0.39, 0.29) is 24.9 Å². The Morgan fingerprint density at radius 2 is 1.83 bits per heavy atom. The molecule has 30 heavy (non-hydrogen) atoms. The van der Waals surface area contributed by atoms with E-state index in [1.54, 1.807) is 16.8 Å². The Morgan fingerprint density at radius 3 is 2.47 bits per heavy atom. The number of benzene rings is 1. The second-order valence-electron chi connectivity index (χ2n) is 6.30. The molecular formula is C18H17Cl2IN6O3. The highest BCUT2D eigenvalue weighted by Crippen LogP contribution is 2.22. The molecule has 2 heterocycles. The van der Waals surface area contributed by atoms with Crippen molar-refractivity contribution in [2.24, 2.45) is 0 Å². The normalized spacial score (nSPS) is 10.8. The number of nitrogens with zero attached hydrogens (tertiary/aromatic N) is 4. The molecule has 158 valence electrons. The number of hydrogen-bond acceptors (Lipinski definition) is 6. The first-order valence-corrected chi connectivity index (χ1v) is 10.6. The molecule has 1 aromatic carbocycles. The summed E-state index contributed by atoms with van der Waals surface area (Å²) in [6.07, 6.45) is 0. The van der Waals surface area contributed by atoms with E-state index >= 15 is 0 Å². The van der Waals surface area contributed by atoms with Crippen LogP contribution >= 0.6 is 45.8 Å². The van der Waals surface area contributed by atoms with E-state index in [0.717, 1.165) is 15.0 Å². The molecule has 0 unspecified atom stereocenters. The quantitative estimate of drug-likeness (QED) is 0.338. The van der Waals surface area contributed by atoms with Crippen LogP contribution < -0.4 is 10.6 Å². The van der Waals surface area contributed by atoms with E-state index in [2.05, 4.69) is 48.5 Å². The number of rotatable bonds is 7. The minimum atomic E-state index is -0.527. The smallest absolute Gasteiger partial charge is 0.316 e. The van der Waals surface area contributed by atoms with Crippen molar-refractivity contribution in [3.8, 4) is 0 Å². The zero-order valence-corrected chi connectivity index (χ0v) is 19.7. The van der Waals surface area contributed by atoms with Crippen LogP contribution in [-0.2, 0) is 6.54 Å². The lowest BCUT2D eigenvalue weighted by Crippen LogP contribution is -2.34. The van der Waals surface area contributed by atoms with E-state index in [9.17, 15) is 9.59 Å². The topological polar surface area (TPSA) is 115 Å². The van der Waals surface area contributed by atoms with E-state index in [1.165, 1.54) is 6.07 Å². The first-order chi connectivity index (χ1) is 14.3. The molecule has 9 nitrogen and oxygen atoms in total. The van der Waals surface area contributed by atoms with E-state index in [0.29, 0.717) is 28.0 Å². The van der Waals surface area contributed by atoms with Crippen LogP contribution in [0, 0.1) is 17.4 Å². The van der Waals surface area contributed by atoms with Crippen LogP contribution in [0.1, 0.15) is 38.3 Å². The summed E-state index contributed by atoms with van der Waals surface area (Å²) in [4.78, 5) is 28.3. The van der Waals surface area contributed by atoms with Crippen molar-refractivity contribution in [1.82, 2.24) is 30.6 Å². The molecule has 0 bridgehead atoms. The van der Waals surface area contributed by atoms with Gasteiger partial charge in [-0.3, -0.25) is 14.3 Å². The third-order valence-corrected chi connectivity index (χ3v) is 6.42. The predicted molar refractivity (Wildman–Crippen MR) is 119 cm³/mol. The molecule has 0 aliphatic rings. The lowest BCUT2D eigenvalue weighted by molar-refractivity contribution is 0.0898. The molecule has 0 aliphatic heterocycles. The minimum Gasteiger partial charge on any atom is -0.350 e. The Hall–Kier alpha value is -2.18. The molecule has 0 fully saturated rings. The van der Waals surface area contributed by atoms with Crippen molar-refractivity contribution in [3.05, 3.63) is 60.5 Å². The Labute approximate surface area is 195 Å². The fourth-order valence-corrected chi connectivity index (χ4v) is 3.22. The number of halogens is 3. The Bertz CT molecular complexity index is 1100. The highest BCUT2D eigenvalue weighted by atomic mass is 127. The number of nitrogens with one attached hydrogen (secondary N) is 2. The van der Waals surface area contributed by atoms with E-state index < -0.39 is 5.91 Å². The lowest BCUT2D eigenvalue weighted by Gasteiger charge is -2.06. The van der Waals surface area contributed by atoms with Crippen LogP contribution in [0.2, 0.25) is 10.0 Å². The van der Waals surface area contributed by atoms with Crippen molar-refractivity contribution in [2.45, 2.75) is 20.4 Å². The van der Waals surface area contributed by atoms with E-state index in [4.69, 9.17) is 27.7 Å². The highest BCUT2D eigenvalue weighted by molar-refractivity contribution is 14.1. The molecule has 3 aromatic rings. The Morgan fingerprint density at radius 1 is 1.13 bits per heavy atom. The summed E-state index contributed by atoms with van der Waals surface area (Å²) in [5, 5.41) is 14.2. The zero-order chi connectivity index (χ0) is 21.8. The molecule has 2 amide bonds. The largest absolute Gasteiger partial charge is 0.350 e. The van der Waals surface area contributed by atoms with Gasteiger partial charge in [0.2, 0.25) is 0 Å². The molecule has 12 heteroatoms. The molecule has 2 N–H and O–H groups in total. The predicted octanol–water partition coefficient (Wildman–Crippen LogP) is 3.00. The summed E-state index contributed by atoms with van der Waals surface area (Å²) in [5.41, 5.74) is 2.27. The van der Waals surface area contributed by atoms with Crippen molar-refractivity contribution in [2.75, 3.05) is 13.1 Å². The Kier molecular flexibility index (Phi) is 7.32. The first-order valence-electron chi connectivity index (χ1n) is 8.79. The van der Waals surface area contributed by atoms with Gasteiger partial charge in [-0.15, -0.1) is 0 Å². The molecule has 0 saturated carbocycles. The van der Waals surface area contributed by atoms with Crippen LogP contribution in [0.15, 0.2) is 22.7 Å². The van der Waals surface area contributed by atoms with Gasteiger partial charge in [-0.2, -0.15) is 10.1 Å². The third-order valence-electron chi connectivity index (χ3n) is 4.12. The van der Waals surface area contributed by atoms with Gasteiger partial charge in [-0.05, 0) is 54.6 Å². The molecule has 2 aromatic heterocycles. The van der Waals surface area contributed by atoms with Gasteiger partial charge in [0.1, 0.15) is 6.54 Å². The molecule has 0 saturated heterocycles. The second-order valence-corrected chi connectivity index (χ2v) is 8.19. The average molecular weight is 563 g/mol. The number of hydrogen-bond donors (Lipinski definition) is 2.